The van der Waals surface area contributed by atoms with Crippen LogP contribution in [0.4, 0.5) is 11.8 Å². The van der Waals surface area contributed by atoms with Crippen molar-refractivity contribution in [2.24, 2.45) is 5.92 Å². The first-order valence-electron chi connectivity index (χ1n) is 14.9. The second kappa shape index (κ2) is 12.0. The summed E-state index contributed by atoms with van der Waals surface area (Å²) in [6.07, 6.45) is 6.29. The van der Waals surface area contributed by atoms with Crippen molar-refractivity contribution in [2.75, 3.05) is 55.4 Å². The van der Waals surface area contributed by atoms with E-state index in [1.165, 1.54) is 11.1 Å². The topological polar surface area (TPSA) is 96.9 Å². The van der Waals surface area contributed by atoms with Crippen molar-refractivity contribution in [3.8, 4) is 5.75 Å². The zero-order chi connectivity index (χ0) is 27.6. The normalized spacial score (nSPS) is 22.1. The van der Waals surface area contributed by atoms with Crippen molar-refractivity contribution in [1.29, 1.82) is 0 Å². The highest BCUT2D eigenvalue weighted by molar-refractivity contribution is 7.85. The maximum atomic E-state index is 12.7. The molecule has 2 fully saturated rings. The van der Waals surface area contributed by atoms with Crippen LogP contribution in [-0.4, -0.2) is 82.3 Å². The molecule has 216 valence electrons. The Morgan fingerprint density at radius 2 is 1.77 bits per heavy atom. The lowest BCUT2D eigenvalue weighted by Gasteiger charge is -2.33. The lowest BCUT2D eigenvalue weighted by Crippen LogP contribution is -2.39. The van der Waals surface area contributed by atoms with Crippen molar-refractivity contribution in [2.45, 2.75) is 75.8 Å². The zero-order valence-corrected chi connectivity index (χ0v) is 24.5. The molecule has 0 aliphatic carbocycles. The van der Waals surface area contributed by atoms with Gasteiger partial charge in [0.1, 0.15) is 22.6 Å². The van der Waals surface area contributed by atoms with Gasteiger partial charge in [0.2, 0.25) is 11.9 Å². The standard InChI is InChI=1S/C30H41N5O4S/c1-20(2)29(36)34-12-5-21-3-4-25(19-22(21)6-13-34)39-24-7-14-35(15-8-24)30-32-26-11-18-40(37)27(26)28(33-30)31-23-9-16-38-17-10-23/h3-4,19-20,23-24H,5-18H2,1-2H3,(H,31,32,33). The van der Waals surface area contributed by atoms with E-state index in [1.807, 2.05) is 18.7 Å². The van der Waals surface area contributed by atoms with Crippen molar-refractivity contribution in [1.82, 2.24) is 14.9 Å². The molecule has 4 aliphatic heterocycles. The fourth-order valence-corrected chi connectivity index (χ4v) is 7.50. The van der Waals surface area contributed by atoms with E-state index in [0.29, 0.717) is 5.75 Å². The molecule has 1 aromatic heterocycles. The Kier molecular flexibility index (Phi) is 8.25. The SMILES string of the molecule is CC(C)C(=O)N1CCc2ccc(OC3CCN(c4nc5c(c(NC6CCOCC6)n4)S(=O)CC5)CC3)cc2CC1. The van der Waals surface area contributed by atoms with Gasteiger partial charge < -0.3 is 24.6 Å². The van der Waals surface area contributed by atoms with E-state index in [4.69, 9.17) is 19.4 Å². The molecule has 1 N–H and O–H groups in total. The Morgan fingerprint density at radius 3 is 2.52 bits per heavy atom. The minimum Gasteiger partial charge on any atom is -0.490 e. The van der Waals surface area contributed by atoms with Crippen LogP contribution >= 0.6 is 0 Å². The molecule has 1 atom stereocenters. The molecular formula is C30H41N5O4S. The number of hydrogen-bond donors (Lipinski definition) is 1. The van der Waals surface area contributed by atoms with E-state index in [0.717, 1.165) is 112 Å². The summed E-state index contributed by atoms with van der Waals surface area (Å²) in [6, 6.07) is 6.74. The molecule has 1 amide bonds. The number of piperidine rings is 1. The lowest BCUT2D eigenvalue weighted by atomic mass is 10.0. The van der Waals surface area contributed by atoms with Gasteiger partial charge in [-0.3, -0.25) is 9.00 Å². The van der Waals surface area contributed by atoms with Crippen LogP contribution in [0.2, 0.25) is 0 Å². The van der Waals surface area contributed by atoms with E-state index in [-0.39, 0.29) is 24.0 Å². The molecule has 4 aliphatic rings. The number of hydrogen-bond acceptors (Lipinski definition) is 8. The number of ether oxygens (including phenoxy) is 2. The number of benzene rings is 1. The van der Waals surface area contributed by atoms with Gasteiger partial charge in [-0.25, -0.2) is 4.98 Å². The van der Waals surface area contributed by atoms with Gasteiger partial charge in [0.05, 0.1) is 16.5 Å². The minimum atomic E-state index is -1.04. The van der Waals surface area contributed by atoms with Crippen molar-refractivity contribution >= 4 is 28.5 Å². The Morgan fingerprint density at radius 1 is 1.02 bits per heavy atom. The van der Waals surface area contributed by atoms with Gasteiger partial charge in [-0.15, -0.1) is 0 Å². The highest BCUT2D eigenvalue weighted by atomic mass is 32.2. The summed E-state index contributed by atoms with van der Waals surface area (Å²) in [6.45, 7) is 8.63. The summed E-state index contributed by atoms with van der Waals surface area (Å²) in [5, 5.41) is 3.58. The third-order valence-electron chi connectivity index (χ3n) is 8.55. The molecule has 0 radical (unpaired) electrons. The quantitative estimate of drug-likeness (QED) is 0.568. The Labute approximate surface area is 239 Å². The lowest BCUT2D eigenvalue weighted by molar-refractivity contribution is -0.134. The van der Waals surface area contributed by atoms with Crippen LogP contribution in [-0.2, 0) is 39.6 Å². The molecule has 2 saturated heterocycles. The number of amides is 1. The molecule has 0 saturated carbocycles. The number of nitrogens with zero attached hydrogens (tertiary/aromatic N) is 4. The van der Waals surface area contributed by atoms with Gasteiger partial charge in [0.15, 0.2) is 0 Å². The monoisotopic (exact) mass is 567 g/mol. The van der Waals surface area contributed by atoms with E-state index < -0.39 is 10.8 Å². The van der Waals surface area contributed by atoms with E-state index in [9.17, 15) is 9.00 Å². The van der Waals surface area contributed by atoms with Crippen LogP contribution in [0.1, 0.15) is 56.4 Å². The summed E-state index contributed by atoms with van der Waals surface area (Å²) < 4.78 is 24.7. The first-order valence-corrected chi connectivity index (χ1v) is 16.2. The second-order valence-corrected chi connectivity index (χ2v) is 13.2. The van der Waals surface area contributed by atoms with Crippen LogP contribution in [0.25, 0.3) is 0 Å². The summed E-state index contributed by atoms with van der Waals surface area (Å²) >= 11 is 0. The smallest absolute Gasteiger partial charge is 0.227 e. The van der Waals surface area contributed by atoms with Crippen LogP contribution in [0, 0.1) is 5.92 Å². The molecule has 1 aromatic carbocycles. The number of rotatable bonds is 6. The van der Waals surface area contributed by atoms with Gasteiger partial charge in [0.25, 0.3) is 0 Å². The summed E-state index contributed by atoms with van der Waals surface area (Å²) in [5.74, 6) is 3.30. The fraction of sp³-hybridized carbons (Fsp3) is 0.633. The van der Waals surface area contributed by atoms with Crippen LogP contribution in [0.5, 0.6) is 5.75 Å². The number of anilines is 2. The van der Waals surface area contributed by atoms with Crippen LogP contribution < -0.4 is 15.0 Å². The third kappa shape index (κ3) is 5.98. The average molecular weight is 568 g/mol. The first-order chi connectivity index (χ1) is 19.4. The molecule has 6 rings (SSSR count). The summed E-state index contributed by atoms with van der Waals surface area (Å²) in [4.78, 5) is 27.3. The average Bonchev–Trinajstić information content (AvgIpc) is 3.21. The zero-order valence-electron chi connectivity index (χ0n) is 23.7. The minimum absolute atomic E-state index is 0.0343. The predicted molar refractivity (Wildman–Crippen MR) is 156 cm³/mol. The predicted octanol–water partition coefficient (Wildman–Crippen LogP) is 3.36. The number of carbonyl (C=O) groups excluding carboxylic acids is 1. The number of aryl methyl sites for hydroxylation is 1. The second-order valence-electron chi connectivity index (χ2n) is 11.7. The largest absolute Gasteiger partial charge is 0.490 e. The molecule has 2 aromatic rings. The van der Waals surface area contributed by atoms with E-state index in [1.54, 1.807) is 0 Å². The first kappa shape index (κ1) is 27.4. The molecular weight excluding hydrogens is 526 g/mol. The number of aromatic nitrogens is 2. The van der Waals surface area contributed by atoms with Crippen LogP contribution in [0.15, 0.2) is 23.1 Å². The van der Waals surface area contributed by atoms with Crippen LogP contribution in [0.3, 0.4) is 0 Å². The molecule has 40 heavy (non-hydrogen) atoms. The number of fused-ring (bicyclic) bond motifs is 2. The van der Waals surface area contributed by atoms with Crippen molar-refractivity contribution in [3.05, 3.63) is 35.0 Å². The maximum absolute atomic E-state index is 12.7. The highest BCUT2D eigenvalue weighted by Crippen LogP contribution is 2.32. The summed E-state index contributed by atoms with van der Waals surface area (Å²) in [5.41, 5.74) is 3.54. The van der Waals surface area contributed by atoms with Gasteiger partial charge in [-0.2, -0.15) is 4.98 Å². The van der Waals surface area contributed by atoms with Gasteiger partial charge in [-0.05, 0) is 48.9 Å². The highest BCUT2D eigenvalue weighted by Gasteiger charge is 2.30. The van der Waals surface area contributed by atoms with E-state index >= 15 is 0 Å². The molecule has 0 spiro atoms. The number of carbonyl (C=O) groups is 1. The van der Waals surface area contributed by atoms with E-state index in [2.05, 4.69) is 28.4 Å². The fourth-order valence-electron chi connectivity index (χ4n) is 6.19. The maximum Gasteiger partial charge on any atom is 0.227 e. The van der Waals surface area contributed by atoms with Gasteiger partial charge in [0, 0.05) is 76.4 Å². The molecule has 1 unspecified atom stereocenters. The van der Waals surface area contributed by atoms with Crippen molar-refractivity contribution in [3.63, 3.8) is 0 Å². The molecule has 5 heterocycles. The third-order valence-corrected chi connectivity index (χ3v) is 10.0. The van der Waals surface area contributed by atoms with Gasteiger partial charge in [-0.1, -0.05) is 19.9 Å². The number of nitrogens with one attached hydrogen (secondary N) is 1. The van der Waals surface area contributed by atoms with Crippen molar-refractivity contribution < 1.29 is 18.5 Å². The Bertz CT molecular complexity index is 1260. The Hall–Kier alpha value is -2.72. The molecule has 9 nitrogen and oxygen atoms in total. The summed E-state index contributed by atoms with van der Waals surface area (Å²) in [7, 11) is -1.04. The van der Waals surface area contributed by atoms with Gasteiger partial charge >= 0.3 is 0 Å². The molecule has 10 heteroatoms. The Balaban J connectivity index is 1.08. The molecule has 0 bridgehead atoms.